The SMILES string of the molecule is O=S(=O)(Nc1ccccc1Cc1nc(-c2ccncc2)no1)c1ccc(F)c(F)c1. The van der Waals surface area contributed by atoms with Crippen LogP contribution in [0.25, 0.3) is 11.4 Å². The van der Waals surface area contributed by atoms with Gasteiger partial charge in [-0.15, -0.1) is 0 Å². The minimum absolute atomic E-state index is 0.161. The van der Waals surface area contributed by atoms with Crippen LogP contribution in [0.1, 0.15) is 11.5 Å². The van der Waals surface area contributed by atoms with Crippen LogP contribution >= 0.6 is 0 Å². The summed E-state index contributed by atoms with van der Waals surface area (Å²) in [5.74, 6) is -1.72. The third-order valence-corrected chi connectivity index (χ3v) is 5.57. The molecule has 152 valence electrons. The molecule has 0 aliphatic heterocycles. The fraction of sp³-hybridized carbons (Fsp3) is 0.0500. The second-order valence-electron chi connectivity index (χ2n) is 6.26. The van der Waals surface area contributed by atoms with Gasteiger partial charge in [0.25, 0.3) is 10.0 Å². The molecule has 2 heterocycles. The highest BCUT2D eigenvalue weighted by Crippen LogP contribution is 2.24. The normalized spacial score (nSPS) is 11.4. The molecular weight excluding hydrogens is 414 g/mol. The van der Waals surface area contributed by atoms with Gasteiger partial charge in [-0.05, 0) is 42.0 Å². The van der Waals surface area contributed by atoms with E-state index in [0.717, 1.165) is 17.7 Å². The number of hydrogen-bond donors (Lipinski definition) is 1. The molecule has 2 aromatic heterocycles. The third kappa shape index (κ3) is 4.18. The van der Waals surface area contributed by atoms with Crippen molar-refractivity contribution in [3.05, 3.63) is 90.1 Å². The van der Waals surface area contributed by atoms with E-state index in [9.17, 15) is 17.2 Å². The maximum absolute atomic E-state index is 13.5. The van der Waals surface area contributed by atoms with Gasteiger partial charge >= 0.3 is 0 Å². The Morgan fingerprint density at radius 3 is 2.50 bits per heavy atom. The predicted molar refractivity (Wildman–Crippen MR) is 104 cm³/mol. The Balaban J connectivity index is 1.59. The van der Waals surface area contributed by atoms with E-state index in [0.29, 0.717) is 17.5 Å². The second kappa shape index (κ2) is 7.99. The molecule has 0 bridgehead atoms. The molecule has 10 heteroatoms. The van der Waals surface area contributed by atoms with Crippen molar-refractivity contribution in [2.75, 3.05) is 4.72 Å². The Hall–Kier alpha value is -3.66. The summed E-state index contributed by atoms with van der Waals surface area (Å²) in [5.41, 5.74) is 1.55. The summed E-state index contributed by atoms with van der Waals surface area (Å²) in [5, 5.41) is 3.92. The average Bonchev–Trinajstić information content (AvgIpc) is 3.20. The summed E-state index contributed by atoms with van der Waals surface area (Å²) < 4.78 is 59.5. The van der Waals surface area contributed by atoms with Crippen molar-refractivity contribution in [1.82, 2.24) is 15.1 Å². The summed E-state index contributed by atoms with van der Waals surface area (Å²) in [7, 11) is -4.14. The smallest absolute Gasteiger partial charge is 0.262 e. The lowest BCUT2D eigenvalue weighted by Crippen LogP contribution is -2.15. The van der Waals surface area contributed by atoms with Gasteiger partial charge in [-0.2, -0.15) is 4.98 Å². The van der Waals surface area contributed by atoms with Crippen LogP contribution in [-0.2, 0) is 16.4 Å². The van der Waals surface area contributed by atoms with Crippen molar-refractivity contribution in [2.45, 2.75) is 11.3 Å². The Morgan fingerprint density at radius 1 is 0.967 bits per heavy atom. The zero-order valence-corrected chi connectivity index (χ0v) is 16.1. The van der Waals surface area contributed by atoms with Crippen molar-refractivity contribution in [3.63, 3.8) is 0 Å². The molecule has 0 aliphatic carbocycles. The first-order chi connectivity index (χ1) is 14.4. The number of benzene rings is 2. The Bertz CT molecular complexity index is 1290. The number of sulfonamides is 1. The van der Waals surface area contributed by atoms with E-state index in [-0.39, 0.29) is 18.0 Å². The highest BCUT2D eigenvalue weighted by molar-refractivity contribution is 7.92. The van der Waals surface area contributed by atoms with Crippen LogP contribution in [0.3, 0.4) is 0 Å². The largest absolute Gasteiger partial charge is 0.339 e. The maximum atomic E-state index is 13.5. The summed E-state index contributed by atoms with van der Waals surface area (Å²) in [6.45, 7) is 0. The van der Waals surface area contributed by atoms with Crippen LogP contribution in [0.15, 0.2) is 76.4 Å². The van der Waals surface area contributed by atoms with Gasteiger partial charge in [-0.3, -0.25) is 9.71 Å². The van der Waals surface area contributed by atoms with E-state index in [1.807, 2.05) is 0 Å². The molecule has 1 N–H and O–H groups in total. The summed E-state index contributed by atoms with van der Waals surface area (Å²) in [6, 6.07) is 12.5. The number of hydrogen-bond acceptors (Lipinski definition) is 6. The van der Waals surface area contributed by atoms with Gasteiger partial charge in [-0.25, -0.2) is 17.2 Å². The number of anilines is 1. The van der Waals surface area contributed by atoms with Gasteiger partial charge in [0, 0.05) is 18.0 Å². The highest BCUT2D eigenvalue weighted by atomic mass is 32.2. The molecule has 0 aliphatic rings. The van der Waals surface area contributed by atoms with Gasteiger partial charge < -0.3 is 4.52 Å². The molecule has 0 fully saturated rings. The highest BCUT2D eigenvalue weighted by Gasteiger charge is 2.19. The maximum Gasteiger partial charge on any atom is 0.262 e. The third-order valence-electron chi connectivity index (χ3n) is 4.21. The molecule has 0 amide bonds. The number of halogens is 2. The number of nitrogens with zero attached hydrogens (tertiary/aromatic N) is 3. The van der Waals surface area contributed by atoms with Gasteiger partial charge in [0.05, 0.1) is 17.0 Å². The minimum Gasteiger partial charge on any atom is -0.339 e. The lowest BCUT2D eigenvalue weighted by molar-refractivity contribution is 0.386. The van der Waals surface area contributed by atoms with Crippen molar-refractivity contribution >= 4 is 15.7 Å². The quantitative estimate of drug-likeness (QED) is 0.502. The Labute approximate surface area is 170 Å². The molecule has 0 radical (unpaired) electrons. The predicted octanol–water partition coefficient (Wildman–Crippen LogP) is 3.80. The zero-order valence-electron chi connectivity index (χ0n) is 15.3. The standard InChI is InChI=1S/C20H14F2N4O3S/c21-16-6-5-15(12-17(16)22)30(27,28)26-18-4-2-1-3-14(18)11-19-24-20(25-29-19)13-7-9-23-10-8-13/h1-10,12,26H,11H2. The minimum atomic E-state index is -4.14. The van der Waals surface area contributed by atoms with Crippen LogP contribution in [0.2, 0.25) is 0 Å². The molecule has 30 heavy (non-hydrogen) atoms. The van der Waals surface area contributed by atoms with Crippen molar-refractivity contribution in [2.24, 2.45) is 0 Å². The van der Waals surface area contributed by atoms with Crippen LogP contribution in [0.5, 0.6) is 0 Å². The second-order valence-corrected chi connectivity index (χ2v) is 7.95. The average molecular weight is 428 g/mol. The van der Waals surface area contributed by atoms with E-state index >= 15 is 0 Å². The van der Waals surface area contributed by atoms with E-state index in [4.69, 9.17) is 4.52 Å². The number of rotatable bonds is 6. The first kappa shape index (κ1) is 19.6. The number of pyridine rings is 1. The molecule has 0 saturated carbocycles. The Kier molecular flexibility index (Phi) is 5.23. The van der Waals surface area contributed by atoms with E-state index < -0.39 is 26.6 Å². The summed E-state index contributed by atoms with van der Waals surface area (Å²) in [6.07, 6.45) is 3.37. The van der Waals surface area contributed by atoms with Gasteiger partial charge in [-0.1, -0.05) is 23.4 Å². The van der Waals surface area contributed by atoms with Crippen LogP contribution < -0.4 is 4.72 Å². The zero-order chi connectivity index (χ0) is 21.1. The fourth-order valence-electron chi connectivity index (χ4n) is 2.73. The topological polar surface area (TPSA) is 98.0 Å². The van der Waals surface area contributed by atoms with Crippen molar-refractivity contribution in [3.8, 4) is 11.4 Å². The molecular formula is C20H14F2N4O3S. The number of nitrogens with one attached hydrogen (secondary N) is 1. The molecule has 0 saturated heterocycles. The molecule has 7 nitrogen and oxygen atoms in total. The summed E-state index contributed by atoms with van der Waals surface area (Å²) >= 11 is 0. The lowest BCUT2D eigenvalue weighted by atomic mass is 10.1. The van der Waals surface area contributed by atoms with Gasteiger partial charge in [0.1, 0.15) is 0 Å². The van der Waals surface area contributed by atoms with E-state index in [2.05, 4.69) is 19.8 Å². The van der Waals surface area contributed by atoms with E-state index in [1.165, 1.54) is 0 Å². The molecule has 4 aromatic rings. The van der Waals surface area contributed by atoms with Gasteiger partial charge in [0.15, 0.2) is 11.6 Å². The van der Waals surface area contributed by atoms with Crippen LogP contribution in [-0.4, -0.2) is 23.5 Å². The molecule has 0 spiro atoms. The van der Waals surface area contributed by atoms with Crippen molar-refractivity contribution < 1.29 is 21.7 Å². The first-order valence-corrected chi connectivity index (χ1v) is 10.2. The molecule has 0 unspecified atom stereocenters. The molecule has 0 atom stereocenters. The summed E-state index contributed by atoms with van der Waals surface area (Å²) in [4.78, 5) is 7.86. The number of aromatic nitrogens is 3. The van der Waals surface area contributed by atoms with Crippen LogP contribution in [0, 0.1) is 11.6 Å². The molecule has 4 rings (SSSR count). The van der Waals surface area contributed by atoms with Crippen LogP contribution in [0.4, 0.5) is 14.5 Å². The number of para-hydroxylation sites is 1. The molecule has 2 aromatic carbocycles. The monoisotopic (exact) mass is 428 g/mol. The Morgan fingerprint density at radius 2 is 1.73 bits per heavy atom. The van der Waals surface area contributed by atoms with Gasteiger partial charge in [0.2, 0.25) is 11.7 Å². The first-order valence-electron chi connectivity index (χ1n) is 8.71. The van der Waals surface area contributed by atoms with E-state index in [1.54, 1.807) is 48.8 Å². The fourth-order valence-corrected chi connectivity index (χ4v) is 3.84. The lowest BCUT2D eigenvalue weighted by Gasteiger charge is -2.12. The van der Waals surface area contributed by atoms with Crippen molar-refractivity contribution in [1.29, 1.82) is 0 Å².